The van der Waals surface area contributed by atoms with E-state index in [0.29, 0.717) is 25.5 Å². The summed E-state index contributed by atoms with van der Waals surface area (Å²) in [6.45, 7) is 5.92. The number of hydrogen-bond donors (Lipinski definition) is 0. The molecule has 3 fully saturated rings. The second-order valence-corrected chi connectivity index (χ2v) is 7.87. The molecule has 4 rings (SSSR count). The fourth-order valence-corrected chi connectivity index (χ4v) is 4.72. The largest absolute Gasteiger partial charge is 0.573 e. The molecule has 3 atom stereocenters. The first-order chi connectivity index (χ1) is 12.7. The van der Waals surface area contributed by atoms with Crippen molar-refractivity contribution < 1.29 is 27.4 Å². The minimum Gasteiger partial charge on any atom is -0.406 e. The van der Waals surface area contributed by atoms with Gasteiger partial charge in [0.25, 0.3) is 0 Å². The van der Waals surface area contributed by atoms with E-state index < -0.39 is 12.1 Å². The van der Waals surface area contributed by atoms with E-state index in [1.807, 2.05) is 4.90 Å². The second kappa shape index (κ2) is 6.38. The van der Waals surface area contributed by atoms with Gasteiger partial charge in [-0.05, 0) is 23.6 Å². The quantitative estimate of drug-likeness (QED) is 0.800. The normalized spacial score (nSPS) is 30.9. The van der Waals surface area contributed by atoms with Crippen molar-refractivity contribution in [2.45, 2.75) is 57.4 Å². The van der Waals surface area contributed by atoms with Crippen LogP contribution in [0.1, 0.15) is 32.3 Å². The van der Waals surface area contributed by atoms with Gasteiger partial charge in [0.1, 0.15) is 5.75 Å². The van der Waals surface area contributed by atoms with Gasteiger partial charge in [-0.2, -0.15) is 0 Å². The molecular formula is C19H23F3N2O3. The first kappa shape index (κ1) is 18.6. The van der Waals surface area contributed by atoms with Crippen LogP contribution in [0.25, 0.3) is 0 Å². The van der Waals surface area contributed by atoms with Crippen LogP contribution in [-0.2, 0) is 16.1 Å². The number of halogens is 3. The topological polar surface area (TPSA) is 42.0 Å². The molecule has 1 amide bonds. The Bertz CT molecular complexity index is 739. The van der Waals surface area contributed by atoms with Crippen LogP contribution >= 0.6 is 0 Å². The van der Waals surface area contributed by atoms with Crippen molar-refractivity contribution in [2.24, 2.45) is 5.92 Å². The van der Waals surface area contributed by atoms with Gasteiger partial charge in [0.15, 0.2) is 5.72 Å². The smallest absolute Gasteiger partial charge is 0.406 e. The molecule has 0 saturated carbocycles. The number of nitrogens with zero attached hydrogens (tertiary/aromatic N) is 2. The van der Waals surface area contributed by atoms with Gasteiger partial charge in [-0.25, -0.2) is 0 Å². The van der Waals surface area contributed by atoms with Crippen LogP contribution in [0, 0.1) is 5.92 Å². The molecule has 0 bridgehead atoms. The molecule has 148 valence electrons. The van der Waals surface area contributed by atoms with Crippen molar-refractivity contribution in [3.8, 4) is 5.75 Å². The van der Waals surface area contributed by atoms with Gasteiger partial charge in [0.2, 0.25) is 5.91 Å². The first-order valence-electron chi connectivity index (χ1n) is 9.24. The number of carbonyl (C=O) groups is 1. The highest BCUT2D eigenvalue weighted by Gasteiger charge is 2.64. The third kappa shape index (κ3) is 3.18. The van der Waals surface area contributed by atoms with Crippen LogP contribution in [0.15, 0.2) is 24.3 Å². The zero-order chi connectivity index (χ0) is 19.4. The van der Waals surface area contributed by atoms with Gasteiger partial charge in [-0.15, -0.1) is 13.2 Å². The number of rotatable bonds is 4. The summed E-state index contributed by atoms with van der Waals surface area (Å²) >= 11 is 0. The minimum atomic E-state index is -4.71. The van der Waals surface area contributed by atoms with Gasteiger partial charge in [0.05, 0.1) is 18.7 Å². The van der Waals surface area contributed by atoms with Crippen molar-refractivity contribution >= 4 is 5.91 Å². The maximum atomic E-state index is 12.7. The summed E-state index contributed by atoms with van der Waals surface area (Å²) in [5.74, 6) is 0.197. The van der Waals surface area contributed by atoms with Crippen LogP contribution in [0.5, 0.6) is 5.75 Å². The number of ether oxygens (including phenoxy) is 2. The van der Waals surface area contributed by atoms with Crippen molar-refractivity contribution in [3.63, 3.8) is 0 Å². The number of carbonyl (C=O) groups excluding carboxylic acids is 1. The van der Waals surface area contributed by atoms with E-state index >= 15 is 0 Å². The highest BCUT2D eigenvalue weighted by atomic mass is 19.4. The molecule has 1 aromatic carbocycles. The maximum Gasteiger partial charge on any atom is 0.573 e. The number of alkyl halides is 3. The third-order valence-electron chi connectivity index (χ3n) is 5.89. The van der Waals surface area contributed by atoms with Crippen molar-refractivity contribution in [1.82, 2.24) is 9.80 Å². The van der Waals surface area contributed by atoms with Crippen molar-refractivity contribution in [3.05, 3.63) is 29.8 Å². The fraction of sp³-hybridized carbons (Fsp3) is 0.632. The second-order valence-electron chi connectivity index (χ2n) is 7.87. The van der Waals surface area contributed by atoms with E-state index in [9.17, 15) is 18.0 Å². The highest BCUT2D eigenvalue weighted by molar-refractivity contribution is 5.82. The Hall–Kier alpha value is -1.80. The number of benzene rings is 1. The highest BCUT2D eigenvalue weighted by Crippen LogP contribution is 2.49. The Labute approximate surface area is 156 Å². The average Bonchev–Trinajstić information content (AvgIpc) is 3.17. The molecule has 0 unspecified atom stereocenters. The summed E-state index contributed by atoms with van der Waals surface area (Å²) < 4.78 is 47.6. The summed E-state index contributed by atoms with van der Waals surface area (Å²) in [5.41, 5.74) is 0.143. The van der Waals surface area contributed by atoms with E-state index in [1.165, 1.54) is 12.1 Å². The molecule has 8 heteroatoms. The molecule has 3 heterocycles. The summed E-state index contributed by atoms with van der Waals surface area (Å²) in [5, 5.41) is 0. The van der Waals surface area contributed by atoms with E-state index in [-0.39, 0.29) is 23.7 Å². The van der Waals surface area contributed by atoms with Gasteiger partial charge >= 0.3 is 6.36 Å². The van der Waals surface area contributed by atoms with Gasteiger partial charge in [0, 0.05) is 25.9 Å². The van der Waals surface area contributed by atoms with Crippen LogP contribution < -0.4 is 4.74 Å². The first-order valence-corrected chi connectivity index (χ1v) is 9.24. The van der Waals surface area contributed by atoms with Crippen molar-refractivity contribution in [1.29, 1.82) is 0 Å². The van der Waals surface area contributed by atoms with Crippen LogP contribution in [0.4, 0.5) is 13.2 Å². The molecule has 1 aromatic rings. The standard InChI is InChI=1S/C19H23F3N2O3/c1-12(2)15-11-26-18-6-7-23(16(18)9-17(25)24(15)18)10-13-4-3-5-14(8-13)27-19(20,21)22/h3-5,8,12,15-16H,6-7,9-11H2,1-2H3/t15-,16+,18-/m0/s1. The summed E-state index contributed by atoms with van der Waals surface area (Å²) in [7, 11) is 0. The van der Waals surface area contributed by atoms with Gasteiger partial charge in [-0.3, -0.25) is 9.69 Å². The molecule has 3 aliphatic rings. The Balaban J connectivity index is 1.52. The lowest BCUT2D eigenvalue weighted by Crippen LogP contribution is -2.50. The summed E-state index contributed by atoms with van der Waals surface area (Å²) in [6, 6.07) is 6.03. The fourth-order valence-electron chi connectivity index (χ4n) is 4.72. The molecule has 1 spiro atoms. The predicted molar refractivity (Wildman–Crippen MR) is 90.7 cm³/mol. The molecule has 0 aliphatic carbocycles. The Kier molecular flexibility index (Phi) is 4.38. The minimum absolute atomic E-state index is 0.0686. The Morgan fingerprint density at radius 3 is 2.85 bits per heavy atom. The van der Waals surface area contributed by atoms with Crippen LogP contribution in [0.3, 0.4) is 0 Å². The zero-order valence-electron chi connectivity index (χ0n) is 15.3. The number of likely N-dealkylation sites (tertiary alicyclic amines) is 1. The van der Waals surface area contributed by atoms with Crippen molar-refractivity contribution in [2.75, 3.05) is 13.2 Å². The lowest BCUT2D eigenvalue weighted by Gasteiger charge is -2.34. The molecule has 3 saturated heterocycles. The number of amides is 1. The molecule has 0 radical (unpaired) electrons. The van der Waals surface area contributed by atoms with E-state index in [1.54, 1.807) is 12.1 Å². The van der Waals surface area contributed by atoms with E-state index in [2.05, 4.69) is 23.5 Å². The Morgan fingerprint density at radius 1 is 1.37 bits per heavy atom. The lowest BCUT2D eigenvalue weighted by molar-refractivity contribution is -0.274. The lowest BCUT2D eigenvalue weighted by atomic mass is 10.0. The molecule has 27 heavy (non-hydrogen) atoms. The van der Waals surface area contributed by atoms with E-state index in [0.717, 1.165) is 18.5 Å². The molecule has 5 nitrogen and oxygen atoms in total. The third-order valence-corrected chi connectivity index (χ3v) is 5.89. The maximum absolute atomic E-state index is 12.7. The average molecular weight is 384 g/mol. The molecule has 0 N–H and O–H groups in total. The van der Waals surface area contributed by atoms with E-state index in [4.69, 9.17) is 4.74 Å². The van der Waals surface area contributed by atoms with Crippen LogP contribution in [0.2, 0.25) is 0 Å². The molecule has 0 aromatic heterocycles. The summed E-state index contributed by atoms with van der Waals surface area (Å²) in [6.07, 6.45) is -3.59. The SMILES string of the molecule is CC(C)[C@@H]1CO[C@@]23CCN(Cc4cccc(OC(F)(F)F)c4)[C@@H]2CC(=O)N13. The van der Waals surface area contributed by atoms with Gasteiger partial charge in [-0.1, -0.05) is 26.0 Å². The van der Waals surface area contributed by atoms with Gasteiger partial charge < -0.3 is 14.4 Å². The molecule has 3 aliphatic heterocycles. The monoisotopic (exact) mass is 384 g/mol. The van der Waals surface area contributed by atoms with Crippen LogP contribution in [-0.4, -0.2) is 53.0 Å². The zero-order valence-corrected chi connectivity index (χ0v) is 15.3. The Morgan fingerprint density at radius 2 is 2.15 bits per heavy atom. The number of hydrogen-bond acceptors (Lipinski definition) is 4. The predicted octanol–water partition coefficient (Wildman–Crippen LogP) is 3.14. The summed E-state index contributed by atoms with van der Waals surface area (Å²) in [4.78, 5) is 16.7. The molecular weight excluding hydrogens is 361 g/mol.